The molecular weight excluding hydrogens is 831 g/mol. The van der Waals surface area contributed by atoms with Crippen molar-refractivity contribution in [1.82, 2.24) is 24.1 Å². The third-order valence-corrected chi connectivity index (χ3v) is 13.1. The highest BCUT2D eigenvalue weighted by Crippen LogP contribution is 2.42. The van der Waals surface area contributed by atoms with Gasteiger partial charge >= 0.3 is 0 Å². The molecule has 0 fully saturated rings. The van der Waals surface area contributed by atoms with Crippen molar-refractivity contribution in [2.24, 2.45) is 0 Å². The number of hydrogen-bond acceptors (Lipinski definition) is 3. The van der Waals surface area contributed by atoms with Crippen molar-refractivity contribution in [1.29, 1.82) is 0 Å². The zero-order valence-corrected chi connectivity index (χ0v) is 37.2. The molecule has 0 atom stereocenters. The average molecular weight is 870 g/mol. The molecule has 0 aliphatic carbocycles. The summed E-state index contributed by atoms with van der Waals surface area (Å²) < 4.78 is 4.55. The first-order chi connectivity index (χ1) is 33.4. The predicted molar refractivity (Wildman–Crippen MR) is 278 cm³/mol. The van der Waals surface area contributed by atoms with E-state index in [4.69, 9.17) is 28.1 Å². The minimum atomic E-state index is 0.401. The van der Waals surface area contributed by atoms with Crippen LogP contribution in [-0.4, -0.2) is 24.1 Å². The maximum Gasteiger partial charge on any atom is 0.188 e. The van der Waals surface area contributed by atoms with Crippen LogP contribution in [0.1, 0.15) is 11.1 Å². The quantitative estimate of drug-likeness (QED) is 0.150. The van der Waals surface area contributed by atoms with Gasteiger partial charge in [-0.2, -0.15) is 0 Å². The largest absolute Gasteiger partial charge is 0.309 e. The van der Waals surface area contributed by atoms with Crippen LogP contribution in [0.3, 0.4) is 0 Å². The van der Waals surface area contributed by atoms with Crippen molar-refractivity contribution in [3.05, 3.63) is 234 Å². The maximum atomic E-state index is 8.21. The highest BCUT2D eigenvalue weighted by atomic mass is 15.1. The number of benzene rings is 9. The van der Waals surface area contributed by atoms with Crippen LogP contribution in [0.4, 0.5) is 11.4 Å². The second kappa shape index (κ2) is 16.2. The van der Waals surface area contributed by atoms with Crippen molar-refractivity contribution in [3.8, 4) is 67.8 Å². The molecule has 12 aromatic rings. The van der Waals surface area contributed by atoms with Gasteiger partial charge < -0.3 is 9.13 Å². The van der Waals surface area contributed by atoms with Crippen molar-refractivity contribution in [2.45, 2.75) is 13.8 Å². The van der Waals surface area contributed by atoms with E-state index in [2.05, 4.69) is 166 Å². The Morgan fingerprint density at radius 2 is 0.750 bits per heavy atom. The lowest BCUT2D eigenvalue weighted by molar-refractivity contribution is 1.06. The van der Waals surface area contributed by atoms with Crippen LogP contribution < -0.4 is 0 Å². The topological polar surface area (TPSA) is 57.2 Å². The Bertz CT molecular complexity index is 3840. The Balaban J connectivity index is 1.14. The van der Waals surface area contributed by atoms with E-state index in [1.54, 1.807) is 0 Å². The summed E-state index contributed by atoms with van der Waals surface area (Å²) >= 11 is 0. The van der Waals surface area contributed by atoms with Gasteiger partial charge in [0.15, 0.2) is 28.8 Å². The van der Waals surface area contributed by atoms with E-state index in [9.17, 15) is 0 Å². The van der Waals surface area contributed by atoms with E-state index < -0.39 is 0 Å². The fourth-order valence-corrected chi connectivity index (χ4v) is 9.86. The van der Waals surface area contributed by atoms with Gasteiger partial charge in [-0.1, -0.05) is 152 Å². The lowest BCUT2D eigenvalue weighted by atomic mass is 9.99. The van der Waals surface area contributed by atoms with E-state index in [1.165, 1.54) is 11.1 Å². The molecule has 0 aliphatic heterocycles. The molecule has 68 heavy (non-hydrogen) atoms. The summed E-state index contributed by atoms with van der Waals surface area (Å²) in [5.41, 5.74) is 15.7. The number of aryl methyl sites for hydroxylation is 2. The molecule has 3 aromatic heterocycles. The number of fused-ring (bicyclic) bond motifs is 6. The van der Waals surface area contributed by atoms with Gasteiger partial charge in [-0.05, 0) is 95.8 Å². The van der Waals surface area contributed by atoms with Gasteiger partial charge in [0.25, 0.3) is 0 Å². The molecular formula is C61H39N7. The highest BCUT2D eigenvalue weighted by molar-refractivity contribution is 6.12. The van der Waals surface area contributed by atoms with Crippen LogP contribution in [0, 0.1) is 27.0 Å². The van der Waals surface area contributed by atoms with Crippen molar-refractivity contribution in [3.63, 3.8) is 0 Å². The first-order valence-electron chi connectivity index (χ1n) is 22.5. The number of nitrogens with zero attached hydrogens (tertiary/aromatic N) is 7. The van der Waals surface area contributed by atoms with Gasteiger partial charge in [-0.25, -0.2) is 24.6 Å². The van der Waals surface area contributed by atoms with Crippen LogP contribution in [0.2, 0.25) is 0 Å². The standard InChI is InChI=1S/C61H39N7/c1-38-16-8-10-20-45(38)41-26-30-49-47-22-12-14-24-53(47)67(57(49)34-41)55-32-28-43(62-3)36-51(55)60-64-59(40-18-6-5-7-19-40)65-61(66-60)52-37-44(63-4)29-33-56(52)68-54-25-15-13-23-48(54)50-31-27-42(35-58(50)68)46-21-11-9-17-39(46)2/h5-37H,1-2H3. The van der Waals surface area contributed by atoms with Gasteiger partial charge in [0.1, 0.15) is 0 Å². The second-order valence-electron chi connectivity index (χ2n) is 17.1. The molecule has 7 nitrogen and oxygen atoms in total. The summed E-state index contributed by atoms with van der Waals surface area (Å²) in [5, 5.41) is 4.43. The van der Waals surface area contributed by atoms with Gasteiger partial charge in [0, 0.05) is 38.2 Å². The molecule has 0 radical (unpaired) electrons. The molecule has 0 saturated heterocycles. The SMILES string of the molecule is [C-]#[N+]c1ccc(-n2c3ccccc3c3ccc(-c4ccccc4C)cc32)c(-c2nc(-c3ccccc3)nc(-c3cc([N+]#[C-])ccc3-n3c4ccccc4c4ccc(-c5ccccc5C)cc43)n2)c1. The van der Waals surface area contributed by atoms with Gasteiger partial charge in [0.05, 0.1) is 46.6 Å². The van der Waals surface area contributed by atoms with E-state index in [0.717, 1.165) is 82.8 Å². The molecule has 0 aliphatic rings. The van der Waals surface area contributed by atoms with Crippen LogP contribution in [-0.2, 0) is 0 Å². The molecule has 0 unspecified atom stereocenters. The van der Waals surface area contributed by atoms with Crippen LogP contribution in [0.25, 0.3) is 121 Å². The number of para-hydroxylation sites is 2. The molecule has 3 heterocycles. The molecule has 0 N–H and O–H groups in total. The first-order valence-corrected chi connectivity index (χ1v) is 22.5. The summed E-state index contributed by atoms with van der Waals surface area (Å²) in [4.78, 5) is 23.8. The molecule has 0 bridgehead atoms. The van der Waals surface area contributed by atoms with Crippen molar-refractivity contribution < 1.29 is 0 Å². The summed E-state index contributed by atoms with van der Waals surface area (Å²) in [6.45, 7) is 20.7. The smallest absolute Gasteiger partial charge is 0.188 e. The number of rotatable bonds is 7. The molecule has 318 valence electrons. The highest BCUT2D eigenvalue weighted by Gasteiger charge is 2.23. The minimum absolute atomic E-state index is 0.401. The number of aromatic nitrogens is 5. The zero-order chi connectivity index (χ0) is 45.9. The summed E-state index contributed by atoms with van der Waals surface area (Å²) in [6, 6.07) is 68.6. The van der Waals surface area contributed by atoms with Crippen LogP contribution in [0.5, 0.6) is 0 Å². The van der Waals surface area contributed by atoms with E-state index in [0.29, 0.717) is 40.0 Å². The third kappa shape index (κ3) is 6.61. The molecule has 0 saturated carbocycles. The van der Waals surface area contributed by atoms with Crippen molar-refractivity contribution >= 4 is 55.0 Å². The Hall–Kier alpha value is -9.43. The molecule has 7 heteroatoms. The van der Waals surface area contributed by atoms with Crippen LogP contribution >= 0.6 is 0 Å². The predicted octanol–water partition coefficient (Wildman–Crippen LogP) is 16.1. The van der Waals surface area contributed by atoms with Gasteiger partial charge in [-0.3, -0.25) is 0 Å². The fourth-order valence-electron chi connectivity index (χ4n) is 9.86. The molecule has 0 spiro atoms. The summed E-state index contributed by atoms with van der Waals surface area (Å²) in [6.07, 6.45) is 0. The van der Waals surface area contributed by atoms with E-state index >= 15 is 0 Å². The summed E-state index contributed by atoms with van der Waals surface area (Å²) in [5.74, 6) is 1.27. The summed E-state index contributed by atoms with van der Waals surface area (Å²) in [7, 11) is 0. The minimum Gasteiger partial charge on any atom is -0.309 e. The lowest BCUT2D eigenvalue weighted by Gasteiger charge is -2.17. The first kappa shape index (κ1) is 40.1. The monoisotopic (exact) mass is 869 g/mol. The maximum absolute atomic E-state index is 8.21. The van der Waals surface area contributed by atoms with Gasteiger partial charge in [0.2, 0.25) is 0 Å². The third-order valence-electron chi connectivity index (χ3n) is 13.1. The van der Waals surface area contributed by atoms with Crippen LogP contribution in [0.15, 0.2) is 200 Å². The Labute approximate surface area is 393 Å². The molecule has 12 rings (SSSR count). The Morgan fingerprint density at radius 1 is 0.338 bits per heavy atom. The average Bonchev–Trinajstić information content (AvgIpc) is 3.90. The number of hydrogen-bond donors (Lipinski definition) is 0. The second-order valence-corrected chi connectivity index (χ2v) is 17.1. The zero-order valence-electron chi connectivity index (χ0n) is 37.2. The normalized spacial score (nSPS) is 11.4. The van der Waals surface area contributed by atoms with E-state index in [1.807, 2.05) is 66.7 Å². The lowest BCUT2D eigenvalue weighted by Crippen LogP contribution is -2.05. The molecule has 9 aromatic carbocycles. The van der Waals surface area contributed by atoms with Crippen molar-refractivity contribution in [2.75, 3.05) is 0 Å². The van der Waals surface area contributed by atoms with E-state index in [-0.39, 0.29) is 0 Å². The Morgan fingerprint density at radius 3 is 1.22 bits per heavy atom. The Kier molecular flexibility index (Phi) is 9.57. The fraction of sp³-hybridized carbons (Fsp3) is 0.0328. The van der Waals surface area contributed by atoms with Gasteiger partial charge in [-0.15, -0.1) is 0 Å². The molecule has 0 amide bonds.